The summed E-state index contributed by atoms with van der Waals surface area (Å²) in [5.41, 5.74) is 1.16. The second-order valence-electron chi connectivity index (χ2n) is 5.97. The van der Waals surface area contributed by atoms with Crippen LogP contribution in [0.3, 0.4) is 0 Å². The number of hydrogen-bond donors (Lipinski definition) is 2. The summed E-state index contributed by atoms with van der Waals surface area (Å²) in [6.07, 6.45) is 1.39. The average Bonchev–Trinajstić information content (AvgIpc) is 3.22. The van der Waals surface area contributed by atoms with Crippen molar-refractivity contribution in [3.63, 3.8) is 0 Å². The third-order valence-electron chi connectivity index (χ3n) is 4.15. The third-order valence-corrected chi connectivity index (χ3v) is 4.15. The van der Waals surface area contributed by atoms with E-state index in [1.165, 1.54) is 6.20 Å². The molecule has 1 saturated carbocycles. The molecule has 25 heavy (non-hydrogen) atoms. The average molecular weight is 346 g/mol. The van der Waals surface area contributed by atoms with Gasteiger partial charge in [-0.1, -0.05) is 24.3 Å². The Labute approximate surface area is 142 Å². The highest BCUT2D eigenvalue weighted by molar-refractivity contribution is 5.92. The molecule has 3 rings (SSSR count). The normalized spacial score (nSPS) is 17.8. The number of nitrogens with zero attached hydrogens (tertiary/aromatic N) is 1. The summed E-state index contributed by atoms with van der Waals surface area (Å²) < 4.78 is 26.6. The van der Waals surface area contributed by atoms with E-state index >= 15 is 0 Å². The Morgan fingerprint density at radius 1 is 1.24 bits per heavy atom. The van der Waals surface area contributed by atoms with Gasteiger partial charge in [-0.15, -0.1) is 0 Å². The molecule has 5 nitrogen and oxygen atoms in total. The van der Waals surface area contributed by atoms with Crippen molar-refractivity contribution in [2.75, 3.05) is 5.32 Å². The molecule has 1 aliphatic carbocycles. The Morgan fingerprint density at radius 2 is 1.96 bits per heavy atom. The van der Waals surface area contributed by atoms with Crippen molar-refractivity contribution in [3.8, 4) is 0 Å². The molecule has 1 unspecified atom stereocenters. The zero-order chi connectivity index (χ0) is 18.0. The molecule has 0 spiro atoms. The number of anilines is 1. The van der Waals surface area contributed by atoms with E-state index in [-0.39, 0.29) is 30.9 Å². The van der Waals surface area contributed by atoms with Gasteiger partial charge in [0, 0.05) is 24.7 Å². The van der Waals surface area contributed by atoms with Crippen LogP contribution >= 0.6 is 0 Å². The molecular weight excluding hydrogens is 330 g/mol. The van der Waals surface area contributed by atoms with Gasteiger partial charge in [-0.2, -0.15) is 0 Å². The van der Waals surface area contributed by atoms with Gasteiger partial charge in [0.05, 0.1) is 5.92 Å². The van der Waals surface area contributed by atoms with E-state index in [0.717, 1.165) is 0 Å². The second-order valence-corrected chi connectivity index (χ2v) is 5.97. The Kier molecular flexibility index (Phi) is 4.48. The van der Waals surface area contributed by atoms with Crippen LogP contribution in [0.2, 0.25) is 0 Å². The summed E-state index contributed by atoms with van der Waals surface area (Å²) in [5, 5.41) is 11.7. The van der Waals surface area contributed by atoms with Crippen molar-refractivity contribution < 1.29 is 23.5 Å². The maximum absolute atomic E-state index is 13.3. The summed E-state index contributed by atoms with van der Waals surface area (Å²) >= 11 is 0. The molecule has 1 heterocycles. The van der Waals surface area contributed by atoms with Crippen molar-refractivity contribution in [1.82, 2.24) is 4.98 Å². The van der Waals surface area contributed by atoms with Crippen molar-refractivity contribution in [2.45, 2.75) is 31.1 Å². The number of aryl methyl sites for hydroxylation is 1. The van der Waals surface area contributed by atoms with Crippen molar-refractivity contribution >= 4 is 17.6 Å². The SMILES string of the molecule is O=C(CCc1cccnc1C(=O)O)Nc1ccccc1C1CC1(F)F. The minimum atomic E-state index is -2.72. The monoisotopic (exact) mass is 346 g/mol. The van der Waals surface area contributed by atoms with Crippen LogP contribution in [0.25, 0.3) is 0 Å². The van der Waals surface area contributed by atoms with Gasteiger partial charge in [-0.3, -0.25) is 4.79 Å². The number of nitrogens with one attached hydrogen (secondary N) is 1. The summed E-state index contributed by atoms with van der Waals surface area (Å²) in [7, 11) is 0. The standard InChI is InChI=1S/C18H16F2N2O3/c19-18(20)10-13(18)12-5-1-2-6-14(12)22-15(23)8-7-11-4-3-9-21-16(11)17(24)25/h1-6,9,13H,7-8,10H2,(H,22,23)(H,24,25). The smallest absolute Gasteiger partial charge is 0.354 e. The van der Waals surface area contributed by atoms with Gasteiger partial charge < -0.3 is 10.4 Å². The number of para-hydroxylation sites is 1. The number of carboxylic acids is 1. The number of carboxylic acid groups (broad SMARTS) is 1. The minimum Gasteiger partial charge on any atom is -0.477 e. The molecule has 0 aliphatic heterocycles. The molecule has 1 aliphatic rings. The number of pyridine rings is 1. The van der Waals surface area contributed by atoms with Crippen LogP contribution in [0.1, 0.15) is 40.4 Å². The zero-order valence-corrected chi connectivity index (χ0v) is 13.2. The number of hydrogen-bond acceptors (Lipinski definition) is 3. The van der Waals surface area contributed by atoms with Crippen LogP contribution in [0, 0.1) is 0 Å². The first-order chi connectivity index (χ1) is 11.9. The predicted molar refractivity (Wildman–Crippen MR) is 86.9 cm³/mol. The Hall–Kier alpha value is -2.83. The van der Waals surface area contributed by atoms with Gasteiger partial charge in [0.2, 0.25) is 5.91 Å². The van der Waals surface area contributed by atoms with Crippen LogP contribution in [-0.2, 0) is 11.2 Å². The maximum atomic E-state index is 13.3. The highest BCUT2D eigenvalue weighted by Gasteiger charge is 2.58. The van der Waals surface area contributed by atoms with Gasteiger partial charge >= 0.3 is 5.97 Å². The van der Waals surface area contributed by atoms with E-state index in [1.54, 1.807) is 36.4 Å². The fraction of sp³-hybridized carbons (Fsp3) is 0.278. The molecule has 0 saturated heterocycles. The van der Waals surface area contributed by atoms with E-state index in [4.69, 9.17) is 5.11 Å². The van der Waals surface area contributed by atoms with E-state index < -0.39 is 17.8 Å². The number of carbonyl (C=O) groups excluding carboxylic acids is 1. The topological polar surface area (TPSA) is 79.3 Å². The second kappa shape index (κ2) is 6.58. The van der Waals surface area contributed by atoms with E-state index in [1.807, 2.05) is 0 Å². The number of carbonyl (C=O) groups is 2. The van der Waals surface area contributed by atoms with E-state index in [2.05, 4.69) is 10.3 Å². The molecule has 7 heteroatoms. The third kappa shape index (κ3) is 3.81. The van der Waals surface area contributed by atoms with Crippen LogP contribution in [-0.4, -0.2) is 27.9 Å². The molecule has 130 valence electrons. The lowest BCUT2D eigenvalue weighted by molar-refractivity contribution is -0.116. The highest BCUT2D eigenvalue weighted by Crippen LogP contribution is 2.57. The maximum Gasteiger partial charge on any atom is 0.354 e. The van der Waals surface area contributed by atoms with E-state index in [9.17, 15) is 18.4 Å². The van der Waals surface area contributed by atoms with Crippen LogP contribution in [0.5, 0.6) is 0 Å². The number of benzene rings is 1. The van der Waals surface area contributed by atoms with Crippen LogP contribution in [0.4, 0.5) is 14.5 Å². The molecule has 1 amide bonds. The van der Waals surface area contributed by atoms with Crippen molar-refractivity contribution in [1.29, 1.82) is 0 Å². The molecule has 2 N–H and O–H groups in total. The lowest BCUT2D eigenvalue weighted by atomic mass is 10.1. The quantitative estimate of drug-likeness (QED) is 0.839. The molecule has 0 bridgehead atoms. The minimum absolute atomic E-state index is 0.0291. The first-order valence-corrected chi connectivity index (χ1v) is 7.82. The van der Waals surface area contributed by atoms with Gasteiger partial charge in [0.1, 0.15) is 0 Å². The number of halogens is 2. The molecular formula is C18H16F2N2O3. The van der Waals surface area contributed by atoms with Crippen molar-refractivity contribution in [2.24, 2.45) is 0 Å². The van der Waals surface area contributed by atoms with Crippen molar-refractivity contribution in [3.05, 3.63) is 59.4 Å². The zero-order valence-electron chi connectivity index (χ0n) is 13.2. The first-order valence-electron chi connectivity index (χ1n) is 7.82. The number of alkyl halides is 2. The summed E-state index contributed by atoms with van der Waals surface area (Å²) in [6.45, 7) is 0. The Morgan fingerprint density at radius 3 is 2.64 bits per heavy atom. The Bertz CT molecular complexity index is 823. The molecule has 1 fully saturated rings. The van der Waals surface area contributed by atoms with Crippen LogP contribution < -0.4 is 5.32 Å². The Balaban J connectivity index is 1.66. The summed E-state index contributed by atoms with van der Waals surface area (Å²) in [5.74, 6) is -5.10. The number of aromatic carboxylic acids is 1. The molecule has 2 aromatic rings. The lowest BCUT2D eigenvalue weighted by Crippen LogP contribution is -2.15. The molecule has 1 atom stereocenters. The van der Waals surface area contributed by atoms with Gasteiger partial charge in [-0.25, -0.2) is 18.6 Å². The van der Waals surface area contributed by atoms with Gasteiger partial charge in [-0.05, 0) is 29.7 Å². The van der Waals surface area contributed by atoms with E-state index in [0.29, 0.717) is 16.8 Å². The largest absolute Gasteiger partial charge is 0.477 e. The molecule has 0 radical (unpaired) electrons. The fourth-order valence-corrected chi connectivity index (χ4v) is 2.76. The predicted octanol–water partition coefficient (Wildman–Crippen LogP) is 3.47. The summed E-state index contributed by atoms with van der Waals surface area (Å²) in [6, 6.07) is 9.71. The fourth-order valence-electron chi connectivity index (χ4n) is 2.76. The van der Waals surface area contributed by atoms with Gasteiger partial charge in [0.15, 0.2) is 5.69 Å². The van der Waals surface area contributed by atoms with Gasteiger partial charge in [0.25, 0.3) is 5.92 Å². The lowest BCUT2D eigenvalue weighted by Gasteiger charge is -2.11. The number of rotatable bonds is 6. The van der Waals surface area contributed by atoms with Crippen LogP contribution in [0.15, 0.2) is 42.6 Å². The summed E-state index contributed by atoms with van der Waals surface area (Å²) in [4.78, 5) is 27.1. The number of amides is 1. The molecule has 1 aromatic heterocycles. The molecule has 1 aromatic carbocycles. The first kappa shape index (κ1) is 17.0. The highest BCUT2D eigenvalue weighted by atomic mass is 19.3. The number of aromatic nitrogens is 1.